The fourth-order valence-corrected chi connectivity index (χ4v) is 3.26. The van der Waals surface area contributed by atoms with Gasteiger partial charge in [-0.3, -0.25) is 4.79 Å². The van der Waals surface area contributed by atoms with Crippen LogP contribution in [0, 0.1) is 0 Å². The molecule has 37 heavy (non-hydrogen) atoms. The van der Waals surface area contributed by atoms with E-state index in [0.29, 0.717) is 28.7 Å². The van der Waals surface area contributed by atoms with Crippen LogP contribution in [0.15, 0.2) is 65.8 Å². The molecule has 0 aromatic heterocycles. The zero-order valence-corrected chi connectivity index (χ0v) is 21.8. The normalized spacial score (nSPS) is 10.7. The minimum Gasteiger partial charge on any atom is -0.494 e. The quantitative estimate of drug-likeness (QED) is 0.0997. The van der Waals surface area contributed by atoms with E-state index < -0.39 is 11.9 Å². The van der Waals surface area contributed by atoms with Crippen LogP contribution in [0.25, 0.3) is 0 Å². The minimum absolute atomic E-state index is 0.204. The topological polar surface area (TPSA) is 95.5 Å². The molecule has 0 bridgehead atoms. The number of methoxy groups -OCH3 is 1. The Kier molecular flexibility index (Phi) is 10.6. The fourth-order valence-electron chi connectivity index (χ4n) is 2.96. The third kappa shape index (κ3) is 8.70. The summed E-state index contributed by atoms with van der Waals surface area (Å²) in [6.45, 7) is 2.55. The highest BCUT2D eigenvalue weighted by atomic mass is 35.5. The largest absolute Gasteiger partial charge is 0.494 e. The van der Waals surface area contributed by atoms with Crippen LogP contribution in [-0.4, -0.2) is 38.4 Å². The average molecular weight is 545 g/mol. The second-order valence-electron chi connectivity index (χ2n) is 7.68. The van der Waals surface area contributed by atoms with Crippen molar-refractivity contribution in [3.8, 4) is 23.0 Å². The van der Waals surface area contributed by atoms with Crippen LogP contribution in [0.4, 0.5) is 0 Å². The van der Waals surface area contributed by atoms with Gasteiger partial charge in [0.25, 0.3) is 5.91 Å². The van der Waals surface area contributed by atoms with E-state index in [1.165, 1.54) is 31.5 Å². The van der Waals surface area contributed by atoms with Crippen LogP contribution in [0.5, 0.6) is 23.0 Å². The van der Waals surface area contributed by atoms with Gasteiger partial charge in [0.1, 0.15) is 11.5 Å². The van der Waals surface area contributed by atoms with E-state index in [1.807, 2.05) is 0 Å². The molecule has 0 aliphatic rings. The van der Waals surface area contributed by atoms with E-state index in [4.69, 9.17) is 42.1 Å². The second-order valence-corrected chi connectivity index (χ2v) is 8.50. The summed E-state index contributed by atoms with van der Waals surface area (Å²) in [7, 11) is 1.44. The highest BCUT2D eigenvalue weighted by Crippen LogP contribution is 2.29. The molecule has 0 aliphatic heterocycles. The number of hydrazone groups is 1. The van der Waals surface area contributed by atoms with Crippen molar-refractivity contribution in [2.75, 3.05) is 20.3 Å². The van der Waals surface area contributed by atoms with Gasteiger partial charge in [-0.2, -0.15) is 5.10 Å². The summed E-state index contributed by atoms with van der Waals surface area (Å²) >= 11 is 11.9. The molecule has 0 unspecified atom stereocenters. The van der Waals surface area contributed by atoms with Crippen molar-refractivity contribution < 1.29 is 28.5 Å². The Balaban J connectivity index is 1.50. The van der Waals surface area contributed by atoms with Crippen molar-refractivity contribution in [2.45, 2.75) is 19.8 Å². The first-order valence-electron chi connectivity index (χ1n) is 11.4. The van der Waals surface area contributed by atoms with Gasteiger partial charge in [-0.25, -0.2) is 10.2 Å². The van der Waals surface area contributed by atoms with E-state index in [2.05, 4.69) is 17.5 Å². The predicted molar refractivity (Wildman–Crippen MR) is 142 cm³/mol. The van der Waals surface area contributed by atoms with Crippen molar-refractivity contribution in [2.24, 2.45) is 5.10 Å². The van der Waals surface area contributed by atoms with Crippen LogP contribution in [-0.2, 0) is 4.79 Å². The van der Waals surface area contributed by atoms with Crippen molar-refractivity contribution in [3.05, 3.63) is 81.8 Å². The number of ether oxygens (including phenoxy) is 4. The molecule has 0 saturated carbocycles. The summed E-state index contributed by atoms with van der Waals surface area (Å²) in [4.78, 5) is 24.5. The molecule has 0 atom stereocenters. The van der Waals surface area contributed by atoms with E-state index in [-0.39, 0.29) is 22.9 Å². The molecule has 8 nitrogen and oxygen atoms in total. The molecular weight excluding hydrogens is 519 g/mol. The summed E-state index contributed by atoms with van der Waals surface area (Å²) in [5, 5.41) is 4.50. The van der Waals surface area contributed by atoms with Crippen LogP contribution in [0.3, 0.4) is 0 Å². The van der Waals surface area contributed by atoms with Crippen LogP contribution >= 0.6 is 23.2 Å². The lowest BCUT2D eigenvalue weighted by molar-refractivity contribution is -0.123. The summed E-state index contributed by atoms with van der Waals surface area (Å²) < 4.78 is 21.8. The maximum absolute atomic E-state index is 12.4. The van der Waals surface area contributed by atoms with Crippen LogP contribution in [0.1, 0.15) is 35.7 Å². The molecule has 194 valence electrons. The fraction of sp³-hybridized carbons (Fsp3) is 0.222. The first-order chi connectivity index (χ1) is 17.9. The van der Waals surface area contributed by atoms with Gasteiger partial charge in [-0.1, -0.05) is 36.5 Å². The molecule has 1 N–H and O–H groups in total. The molecular formula is C27H26Cl2N2O6. The Bertz CT molecular complexity index is 1250. The van der Waals surface area contributed by atoms with Gasteiger partial charge >= 0.3 is 5.97 Å². The Morgan fingerprint density at radius 2 is 1.65 bits per heavy atom. The second kappa shape index (κ2) is 14.1. The Morgan fingerprint density at radius 1 is 0.919 bits per heavy atom. The lowest BCUT2D eigenvalue weighted by Crippen LogP contribution is -2.24. The number of halogens is 2. The maximum atomic E-state index is 12.4. The summed E-state index contributed by atoms with van der Waals surface area (Å²) in [5.74, 6) is 0.741. The first kappa shape index (κ1) is 27.8. The number of hydrogen-bond acceptors (Lipinski definition) is 7. The molecule has 0 radical (unpaired) electrons. The number of unbranched alkanes of at least 4 members (excludes halogenated alkanes) is 1. The molecule has 0 heterocycles. The van der Waals surface area contributed by atoms with Crippen LogP contribution < -0.4 is 24.4 Å². The van der Waals surface area contributed by atoms with Gasteiger partial charge in [-0.15, -0.1) is 0 Å². The highest BCUT2D eigenvalue weighted by molar-refractivity contribution is 6.42. The average Bonchev–Trinajstić information content (AvgIpc) is 2.90. The van der Waals surface area contributed by atoms with Gasteiger partial charge in [-0.05, 0) is 72.6 Å². The summed E-state index contributed by atoms with van der Waals surface area (Å²) in [6.07, 6.45) is 3.48. The Morgan fingerprint density at radius 3 is 2.32 bits per heavy atom. The smallest absolute Gasteiger partial charge is 0.343 e. The number of rotatable bonds is 12. The Labute approximate surface area is 225 Å². The zero-order chi connectivity index (χ0) is 26.6. The van der Waals surface area contributed by atoms with E-state index in [0.717, 1.165) is 18.6 Å². The van der Waals surface area contributed by atoms with Gasteiger partial charge in [0.2, 0.25) is 0 Å². The third-order valence-corrected chi connectivity index (χ3v) is 5.65. The number of carbonyl (C=O) groups is 2. The van der Waals surface area contributed by atoms with Gasteiger partial charge in [0, 0.05) is 0 Å². The summed E-state index contributed by atoms with van der Waals surface area (Å²) in [5.41, 5.74) is 3.24. The molecule has 0 saturated heterocycles. The predicted octanol–water partition coefficient (Wildman–Crippen LogP) is 5.93. The SMILES string of the molecule is CCCCOc1ccc(OCC(=O)N/N=C\c2ccc(OC(=O)c3ccc(Cl)c(Cl)c3)c(OC)c2)cc1. The minimum atomic E-state index is -0.621. The monoisotopic (exact) mass is 544 g/mol. The zero-order valence-electron chi connectivity index (χ0n) is 20.3. The first-order valence-corrected chi connectivity index (χ1v) is 12.2. The molecule has 3 rings (SSSR count). The molecule has 3 aromatic carbocycles. The number of nitrogens with one attached hydrogen (secondary N) is 1. The molecule has 0 aliphatic carbocycles. The number of amides is 1. The molecule has 0 fully saturated rings. The lowest BCUT2D eigenvalue weighted by Gasteiger charge is -2.10. The number of esters is 1. The number of hydrogen-bond donors (Lipinski definition) is 1. The third-order valence-electron chi connectivity index (χ3n) is 4.91. The van der Waals surface area contributed by atoms with Gasteiger partial charge < -0.3 is 18.9 Å². The van der Waals surface area contributed by atoms with E-state index in [1.54, 1.807) is 42.5 Å². The summed E-state index contributed by atoms with van der Waals surface area (Å²) in [6, 6.07) is 16.3. The van der Waals surface area contributed by atoms with E-state index in [9.17, 15) is 9.59 Å². The van der Waals surface area contributed by atoms with Crippen molar-refractivity contribution >= 4 is 41.3 Å². The molecule has 10 heteroatoms. The molecule has 3 aromatic rings. The van der Waals surface area contributed by atoms with Gasteiger partial charge in [0.05, 0.1) is 35.5 Å². The highest BCUT2D eigenvalue weighted by Gasteiger charge is 2.14. The van der Waals surface area contributed by atoms with Gasteiger partial charge in [0.15, 0.2) is 18.1 Å². The van der Waals surface area contributed by atoms with Crippen molar-refractivity contribution in [1.82, 2.24) is 5.43 Å². The van der Waals surface area contributed by atoms with Crippen molar-refractivity contribution in [1.29, 1.82) is 0 Å². The van der Waals surface area contributed by atoms with Crippen molar-refractivity contribution in [3.63, 3.8) is 0 Å². The number of benzene rings is 3. The Hall–Kier alpha value is -3.75. The van der Waals surface area contributed by atoms with E-state index >= 15 is 0 Å². The standard InChI is InChI=1S/C27H26Cl2N2O6/c1-3-4-13-35-20-7-9-21(10-8-20)36-17-26(32)31-30-16-18-5-12-24(25(14-18)34-2)37-27(33)19-6-11-22(28)23(29)15-19/h5-12,14-16H,3-4,13,17H2,1-2H3,(H,31,32)/b30-16-. The molecule has 1 amide bonds. The number of nitrogens with zero attached hydrogens (tertiary/aromatic N) is 1. The number of carbonyl (C=O) groups excluding carboxylic acids is 2. The molecule has 0 spiro atoms. The maximum Gasteiger partial charge on any atom is 0.343 e. The lowest BCUT2D eigenvalue weighted by atomic mass is 10.2. The van der Waals surface area contributed by atoms with Crippen LogP contribution in [0.2, 0.25) is 10.0 Å².